The number of nitrogens with zero attached hydrogens (tertiary/aromatic N) is 2. The van der Waals surface area contributed by atoms with Gasteiger partial charge < -0.3 is 10.0 Å². The Balaban J connectivity index is 2.02. The average Bonchev–Trinajstić information content (AvgIpc) is 2.59. The van der Waals surface area contributed by atoms with Crippen molar-refractivity contribution in [1.29, 1.82) is 0 Å². The Morgan fingerprint density at radius 1 is 1.04 bits per heavy atom. The number of rotatable bonds is 1. The zero-order chi connectivity index (χ0) is 19.6. The van der Waals surface area contributed by atoms with Gasteiger partial charge in [0.15, 0.2) is 0 Å². The molecular weight excluding hydrogens is 374 g/mol. The van der Waals surface area contributed by atoms with Gasteiger partial charge in [-0.05, 0) is 49.5 Å². The highest BCUT2D eigenvalue weighted by molar-refractivity contribution is 5.87. The minimum Gasteiger partial charge on any atom is -0.383 e. The molecule has 1 aromatic heterocycles. The van der Waals surface area contributed by atoms with E-state index in [0.717, 1.165) is 19.2 Å². The van der Waals surface area contributed by atoms with Crippen LogP contribution in [0.5, 0.6) is 0 Å². The molecule has 3 aliphatic rings. The van der Waals surface area contributed by atoms with E-state index in [9.17, 15) is 31.4 Å². The standard InChI is InChI=1S/C18H16F6N2O/c19-17(20,21)12-3-1-2-11-13(8-14(18(22,23)24)25-15(11)12)16(27)9-26-6-4-10(16)5-7-26/h1-3,8,10,27H,4-7,9H2. The number of aromatic nitrogens is 1. The molecule has 3 nitrogen and oxygen atoms in total. The summed E-state index contributed by atoms with van der Waals surface area (Å²) in [5.41, 5.74) is -5.20. The van der Waals surface area contributed by atoms with Crippen LogP contribution in [0, 0.1) is 5.92 Å². The zero-order valence-corrected chi connectivity index (χ0v) is 14.0. The van der Waals surface area contributed by atoms with Crippen molar-refractivity contribution in [2.45, 2.75) is 30.8 Å². The molecule has 4 heterocycles. The van der Waals surface area contributed by atoms with Gasteiger partial charge in [-0.1, -0.05) is 12.1 Å². The van der Waals surface area contributed by atoms with E-state index in [1.165, 1.54) is 6.07 Å². The highest BCUT2D eigenvalue weighted by atomic mass is 19.4. The number of aliphatic hydroxyl groups is 1. The normalized spacial score (nSPS) is 28.7. The van der Waals surface area contributed by atoms with Gasteiger partial charge in [0.05, 0.1) is 11.1 Å². The third kappa shape index (κ3) is 2.97. The van der Waals surface area contributed by atoms with Crippen LogP contribution in [-0.4, -0.2) is 34.6 Å². The predicted molar refractivity (Wildman–Crippen MR) is 84.8 cm³/mol. The second kappa shape index (κ2) is 5.81. The first kappa shape index (κ1) is 18.5. The van der Waals surface area contributed by atoms with Gasteiger partial charge in [0.1, 0.15) is 11.3 Å². The number of pyridine rings is 1. The van der Waals surface area contributed by atoms with Crippen molar-refractivity contribution in [2.24, 2.45) is 5.92 Å². The zero-order valence-electron chi connectivity index (χ0n) is 14.0. The van der Waals surface area contributed by atoms with Crippen LogP contribution < -0.4 is 0 Å². The lowest BCUT2D eigenvalue weighted by atomic mass is 9.70. The van der Waals surface area contributed by atoms with Crippen LogP contribution in [-0.2, 0) is 18.0 Å². The van der Waals surface area contributed by atoms with E-state index in [2.05, 4.69) is 4.98 Å². The quantitative estimate of drug-likeness (QED) is 0.742. The summed E-state index contributed by atoms with van der Waals surface area (Å²) in [7, 11) is 0. The molecule has 27 heavy (non-hydrogen) atoms. The second-order valence-electron chi connectivity index (χ2n) is 7.23. The SMILES string of the molecule is OC1(c2cc(C(F)(F)F)nc3c(C(F)(F)F)cccc23)CN2CCC1CC2. The van der Waals surface area contributed by atoms with E-state index in [0.29, 0.717) is 25.0 Å². The lowest BCUT2D eigenvalue weighted by molar-refractivity contribution is -0.143. The van der Waals surface area contributed by atoms with Gasteiger partial charge in [-0.15, -0.1) is 0 Å². The first-order valence-corrected chi connectivity index (χ1v) is 8.53. The van der Waals surface area contributed by atoms with Crippen molar-refractivity contribution in [2.75, 3.05) is 19.6 Å². The molecule has 1 unspecified atom stereocenters. The molecule has 1 aromatic carbocycles. The fourth-order valence-electron chi connectivity index (χ4n) is 4.32. The molecule has 2 bridgehead atoms. The smallest absolute Gasteiger partial charge is 0.383 e. The Labute approximate surface area is 150 Å². The summed E-state index contributed by atoms with van der Waals surface area (Å²) in [5.74, 6) is -0.302. The molecule has 0 spiro atoms. The molecule has 5 rings (SSSR count). The molecule has 3 saturated heterocycles. The number of piperidine rings is 3. The van der Waals surface area contributed by atoms with Gasteiger partial charge in [-0.2, -0.15) is 26.3 Å². The molecule has 2 aromatic rings. The molecule has 1 atom stereocenters. The van der Waals surface area contributed by atoms with Crippen molar-refractivity contribution in [3.63, 3.8) is 0 Å². The summed E-state index contributed by atoms with van der Waals surface area (Å²) in [6.45, 7) is 1.54. The maximum Gasteiger partial charge on any atom is 0.433 e. The van der Waals surface area contributed by atoms with Crippen molar-refractivity contribution >= 4 is 10.9 Å². The maximum atomic E-state index is 13.4. The van der Waals surface area contributed by atoms with E-state index in [1.54, 1.807) is 0 Å². The Bertz CT molecular complexity index is 886. The monoisotopic (exact) mass is 390 g/mol. The summed E-state index contributed by atoms with van der Waals surface area (Å²) >= 11 is 0. The molecule has 0 radical (unpaired) electrons. The number of benzene rings is 1. The summed E-state index contributed by atoms with van der Waals surface area (Å²) in [6.07, 6.45) is -8.61. The number of hydrogen-bond donors (Lipinski definition) is 1. The third-order valence-electron chi connectivity index (χ3n) is 5.63. The van der Waals surface area contributed by atoms with Crippen molar-refractivity contribution in [1.82, 2.24) is 9.88 Å². The number of alkyl halides is 6. The summed E-state index contributed by atoms with van der Waals surface area (Å²) < 4.78 is 80.2. The fourth-order valence-corrected chi connectivity index (χ4v) is 4.32. The van der Waals surface area contributed by atoms with Crippen molar-refractivity contribution in [3.8, 4) is 0 Å². The molecule has 9 heteroatoms. The first-order valence-electron chi connectivity index (χ1n) is 8.53. The van der Waals surface area contributed by atoms with E-state index in [1.807, 2.05) is 4.90 Å². The predicted octanol–water partition coefficient (Wildman–Crippen LogP) is 4.19. The van der Waals surface area contributed by atoms with Crippen LogP contribution >= 0.6 is 0 Å². The summed E-state index contributed by atoms with van der Waals surface area (Å²) in [5, 5.41) is 11.2. The van der Waals surface area contributed by atoms with Gasteiger partial charge in [0, 0.05) is 11.9 Å². The molecule has 3 fully saturated rings. The van der Waals surface area contributed by atoms with Crippen LogP contribution in [0.4, 0.5) is 26.3 Å². The Kier molecular flexibility index (Phi) is 3.98. The number of hydrogen-bond acceptors (Lipinski definition) is 3. The van der Waals surface area contributed by atoms with E-state index >= 15 is 0 Å². The lowest BCUT2D eigenvalue weighted by Crippen LogP contribution is -2.57. The second-order valence-corrected chi connectivity index (χ2v) is 7.23. The minimum atomic E-state index is -4.92. The first-order chi connectivity index (χ1) is 12.5. The van der Waals surface area contributed by atoms with Gasteiger partial charge in [0.2, 0.25) is 0 Å². The van der Waals surface area contributed by atoms with E-state index < -0.39 is 34.7 Å². The molecule has 0 amide bonds. The largest absolute Gasteiger partial charge is 0.433 e. The van der Waals surface area contributed by atoms with Crippen LogP contribution in [0.2, 0.25) is 0 Å². The minimum absolute atomic E-state index is 0.0888. The Morgan fingerprint density at radius 2 is 1.70 bits per heavy atom. The fraction of sp³-hybridized carbons (Fsp3) is 0.500. The molecule has 146 valence electrons. The van der Waals surface area contributed by atoms with Crippen molar-refractivity contribution < 1.29 is 31.4 Å². The van der Waals surface area contributed by atoms with Gasteiger partial charge in [-0.3, -0.25) is 0 Å². The van der Waals surface area contributed by atoms with Crippen LogP contribution in [0.25, 0.3) is 10.9 Å². The van der Waals surface area contributed by atoms with Crippen LogP contribution in [0.1, 0.15) is 29.7 Å². The Hall–Kier alpha value is -1.87. The molecule has 0 aliphatic carbocycles. The average molecular weight is 390 g/mol. The molecule has 1 N–H and O–H groups in total. The van der Waals surface area contributed by atoms with E-state index in [-0.39, 0.29) is 23.4 Å². The summed E-state index contributed by atoms with van der Waals surface area (Å²) in [4.78, 5) is 5.22. The third-order valence-corrected chi connectivity index (χ3v) is 5.63. The van der Waals surface area contributed by atoms with Gasteiger partial charge >= 0.3 is 12.4 Å². The summed E-state index contributed by atoms with van der Waals surface area (Å²) in [6, 6.07) is 3.85. The molecule has 0 saturated carbocycles. The molecular formula is C18H16F6N2O. The van der Waals surface area contributed by atoms with E-state index in [4.69, 9.17) is 0 Å². The number of halogens is 6. The lowest BCUT2D eigenvalue weighted by Gasteiger charge is -2.51. The van der Waals surface area contributed by atoms with Crippen LogP contribution in [0.15, 0.2) is 24.3 Å². The number of fused-ring (bicyclic) bond motifs is 4. The van der Waals surface area contributed by atoms with Gasteiger partial charge in [0.25, 0.3) is 0 Å². The van der Waals surface area contributed by atoms with Crippen LogP contribution in [0.3, 0.4) is 0 Å². The molecule has 3 aliphatic heterocycles. The van der Waals surface area contributed by atoms with Gasteiger partial charge in [-0.25, -0.2) is 4.98 Å². The maximum absolute atomic E-state index is 13.4. The van der Waals surface area contributed by atoms with Crippen molar-refractivity contribution in [3.05, 3.63) is 41.1 Å². The topological polar surface area (TPSA) is 36.4 Å². The highest BCUT2D eigenvalue weighted by Crippen LogP contribution is 2.47. The Morgan fingerprint density at radius 3 is 2.22 bits per heavy atom. The number of para-hydroxylation sites is 1. The highest BCUT2D eigenvalue weighted by Gasteiger charge is 2.49.